The predicted octanol–water partition coefficient (Wildman–Crippen LogP) is 1.61. The van der Waals surface area contributed by atoms with Gasteiger partial charge in [0.1, 0.15) is 0 Å². The molecule has 5 nitrogen and oxygen atoms in total. The highest BCUT2D eigenvalue weighted by molar-refractivity contribution is 5.79. The van der Waals surface area contributed by atoms with Gasteiger partial charge in [-0.15, -0.1) is 0 Å². The van der Waals surface area contributed by atoms with Gasteiger partial charge in [0.15, 0.2) is 5.96 Å². The molecule has 0 aliphatic carbocycles. The first kappa shape index (κ1) is 19.2. The Kier molecular flexibility index (Phi) is 8.18. The molecular weight excluding hydrogens is 274 g/mol. The summed E-state index contributed by atoms with van der Waals surface area (Å²) in [4.78, 5) is 9.12. The number of hydrogen-bond donors (Lipinski definition) is 2. The summed E-state index contributed by atoms with van der Waals surface area (Å²) in [5, 5.41) is 6.84. The van der Waals surface area contributed by atoms with Crippen LogP contribution in [0.3, 0.4) is 0 Å². The molecule has 1 aliphatic rings. The number of guanidine groups is 1. The Morgan fingerprint density at radius 1 is 1.23 bits per heavy atom. The molecule has 0 aromatic rings. The second-order valence-electron chi connectivity index (χ2n) is 7.44. The van der Waals surface area contributed by atoms with Crippen molar-refractivity contribution in [2.45, 2.75) is 45.6 Å². The molecule has 0 radical (unpaired) electrons. The summed E-state index contributed by atoms with van der Waals surface area (Å²) in [7, 11) is 6.05. The van der Waals surface area contributed by atoms with Crippen molar-refractivity contribution in [1.29, 1.82) is 0 Å². The fourth-order valence-corrected chi connectivity index (χ4v) is 2.47. The van der Waals surface area contributed by atoms with Crippen LogP contribution in [0.25, 0.3) is 0 Å². The van der Waals surface area contributed by atoms with E-state index >= 15 is 0 Å². The number of likely N-dealkylation sites (tertiary alicyclic amines) is 1. The first-order valence-corrected chi connectivity index (χ1v) is 8.69. The van der Waals surface area contributed by atoms with Crippen molar-refractivity contribution in [2.75, 3.05) is 53.9 Å². The topological polar surface area (TPSA) is 42.9 Å². The van der Waals surface area contributed by atoms with Crippen molar-refractivity contribution in [3.05, 3.63) is 0 Å². The fourth-order valence-electron chi connectivity index (χ4n) is 2.47. The molecule has 1 aliphatic heterocycles. The van der Waals surface area contributed by atoms with E-state index in [1.807, 2.05) is 7.05 Å². The molecule has 0 aromatic carbocycles. The molecule has 1 saturated heterocycles. The molecule has 22 heavy (non-hydrogen) atoms. The third-order valence-corrected chi connectivity index (χ3v) is 4.94. The van der Waals surface area contributed by atoms with Gasteiger partial charge in [-0.05, 0) is 72.8 Å². The van der Waals surface area contributed by atoms with E-state index in [-0.39, 0.29) is 5.54 Å². The number of likely N-dealkylation sites (N-methyl/N-ethyl adjacent to an activating group) is 1. The first-order valence-electron chi connectivity index (χ1n) is 8.69. The van der Waals surface area contributed by atoms with Crippen LogP contribution in [0.15, 0.2) is 4.99 Å². The maximum Gasteiger partial charge on any atom is 0.191 e. The SMILES string of the molecule is CN=C(NCCCN1CCC(C)CC1)NCC(C)(C)N(C)C. The maximum atomic E-state index is 4.31. The van der Waals surface area contributed by atoms with Gasteiger partial charge in [0.25, 0.3) is 0 Å². The number of aliphatic imine (C=N–C) groups is 1. The zero-order valence-corrected chi connectivity index (χ0v) is 15.6. The average molecular weight is 312 g/mol. The summed E-state index contributed by atoms with van der Waals surface area (Å²) < 4.78 is 0. The Bertz CT molecular complexity index is 330. The molecule has 0 bridgehead atoms. The zero-order chi connectivity index (χ0) is 16.6. The summed E-state index contributed by atoms with van der Waals surface area (Å²) >= 11 is 0. The second-order valence-corrected chi connectivity index (χ2v) is 7.44. The lowest BCUT2D eigenvalue weighted by Crippen LogP contribution is -2.51. The van der Waals surface area contributed by atoms with Crippen molar-refractivity contribution in [1.82, 2.24) is 20.4 Å². The summed E-state index contributed by atoms with van der Waals surface area (Å²) in [6.45, 7) is 12.4. The molecule has 0 atom stereocenters. The highest BCUT2D eigenvalue weighted by Crippen LogP contribution is 2.15. The van der Waals surface area contributed by atoms with Gasteiger partial charge in [0, 0.05) is 25.7 Å². The number of nitrogens with zero attached hydrogens (tertiary/aromatic N) is 3. The molecule has 0 unspecified atom stereocenters. The Morgan fingerprint density at radius 3 is 2.41 bits per heavy atom. The largest absolute Gasteiger partial charge is 0.356 e. The first-order chi connectivity index (χ1) is 10.3. The van der Waals surface area contributed by atoms with Crippen molar-refractivity contribution in [3.8, 4) is 0 Å². The minimum absolute atomic E-state index is 0.113. The third kappa shape index (κ3) is 6.97. The Morgan fingerprint density at radius 2 is 1.86 bits per heavy atom. The van der Waals surface area contributed by atoms with E-state index in [1.165, 1.54) is 38.9 Å². The summed E-state index contributed by atoms with van der Waals surface area (Å²) in [6, 6.07) is 0. The van der Waals surface area contributed by atoms with Gasteiger partial charge in [-0.25, -0.2) is 0 Å². The number of hydrogen-bond acceptors (Lipinski definition) is 3. The monoisotopic (exact) mass is 311 g/mol. The van der Waals surface area contributed by atoms with E-state index in [0.29, 0.717) is 0 Å². The van der Waals surface area contributed by atoms with Crippen molar-refractivity contribution < 1.29 is 0 Å². The van der Waals surface area contributed by atoms with Crippen molar-refractivity contribution >= 4 is 5.96 Å². The molecule has 0 saturated carbocycles. The van der Waals surface area contributed by atoms with Gasteiger partial charge in [-0.1, -0.05) is 6.92 Å². The molecule has 1 fully saturated rings. The molecule has 2 N–H and O–H groups in total. The summed E-state index contributed by atoms with van der Waals surface area (Å²) in [5.41, 5.74) is 0.113. The normalized spacial score (nSPS) is 18.8. The second kappa shape index (κ2) is 9.36. The standard InChI is InChI=1S/C17H37N5/c1-15-8-12-22(13-9-15)11-7-10-19-16(18-4)20-14-17(2,3)21(5)6/h15H,7-14H2,1-6H3,(H2,18,19,20). The molecule has 0 spiro atoms. The van der Waals surface area contributed by atoms with Crippen LogP contribution in [0.2, 0.25) is 0 Å². The maximum absolute atomic E-state index is 4.31. The number of rotatable bonds is 7. The van der Waals surface area contributed by atoms with Crippen LogP contribution in [0.1, 0.15) is 40.0 Å². The van der Waals surface area contributed by atoms with Crippen LogP contribution in [-0.4, -0.2) is 75.2 Å². The van der Waals surface area contributed by atoms with Crippen LogP contribution in [0.4, 0.5) is 0 Å². The van der Waals surface area contributed by atoms with E-state index < -0.39 is 0 Å². The van der Waals surface area contributed by atoms with E-state index in [4.69, 9.17) is 0 Å². The smallest absolute Gasteiger partial charge is 0.191 e. The molecule has 0 aromatic heterocycles. The quantitative estimate of drug-likeness (QED) is 0.426. The molecular formula is C17H37N5. The van der Waals surface area contributed by atoms with E-state index in [0.717, 1.165) is 25.0 Å². The van der Waals surface area contributed by atoms with Crippen LogP contribution >= 0.6 is 0 Å². The third-order valence-electron chi connectivity index (χ3n) is 4.94. The lowest BCUT2D eigenvalue weighted by molar-refractivity contribution is 0.190. The lowest BCUT2D eigenvalue weighted by atomic mass is 9.99. The van der Waals surface area contributed by atoms with Gasteiger partial charge in [-0.2, -0.15) is 0 Å². The van der Waals surface area contributed by atoms with Crippen LogP contribution in [-0.2, 0) is 0 Å². The highest BCUT2D eigenvalue weighted by Gasteiger charge is 2.20. The van der Waals surface area contributed by atoms with Gasteiger partial charge >= 0.3 is 0 Å². The predicted molar refractivity (Wildman–Crippen MR) is 96.6 cm³/mol. The number of nitrogens with one attached hydrogen (secondary N) is 2. The van der Waals surface area contributed by atoms with E-state index in [1.54, 1.807) is 0 Å². The van der Waals surface area contributed by atoms with Crippen molar-refractivity contribution in [2.24, 2.45) is 10.9 Å². The lowest BCUT2D eigenvalue weighted by Gasteiger charge is -2.33. The summed E-state index contributed by atoms with van der Waals surface area (Å²) in [5.74, 6) is 1.82. The Labute approximate surface area is 137 Å². The molecule has 1 rings (SSSR count). The van der Waals surface area contributed by atoms with Gasteiger partial charge < -0.3 is 20.4 Å². The van der Waals surface area contributed by atoms with Crippen LogP contribution in [0.5, 0.6) is 0 Å². The molecule has 5 heteroatoms. The van der Waals surface area contributed by atoms with E-state index in [2.05, 4.69) is 60.3 Å². The molecule has 0 amide bonds. The highest BCUT2D eigenvalue weighted by atomic mass is 15.2. The van der Waals surface area contributed by atoms with Crippen molar-refractivity contribution in [3.63, 3.8) is 0 Å². The molecule has 130 valence electrons. The Balaban J connectivity index is 2.16. The zero-order valence-electron chi connectivity index (χ0n) is 15.6. The Hall–Kier alpha value is -0.810. The summed E-state index contributed by atoms with van der Waals surface area (Å²) in [6.07, 6.45) is 3.89. The van der Waals surface area contributed by atoms with Gasteiger partial charge in [-0.3, -0.25) is 4.99 Å². The van der Waals surface area contributed by atoms with Crippen LogP contribution in [0, 0.1) is 5.92 Å². The van der Waals surface area contributed by atoms with E-state index in [9.17, 15) is 0 Å². The fraction of sp³-hybridized carbons (Fsp3) is 0.941. The number of piperidine rings is 1. The van der Waals surface area contributed by atoms with Crippen LogP contribution < -0.4 is 10.6 Å². The average Bonchev–Trinajstić information content (AvgIpc) is 2.48. The molecule has 1 heterocycles. The van der Waals surface area contributed by atoms with Gasteiger partial charge in [0.05, 0.1) is 0 Å². The van der Waals surface area contributed by atoms with Gasteiger partial charge in [0.2, 0.25) is 0 Å². The minimum Gasteiger partial charge on any atom is -0.356 e. The minimum atomic E-state index is 0.113.